The number of imidazole rings is 1. The molecule has 0 atom stereocenters. The fourth-order valence-electron chi connectivity index (χ4n) is 3.68. The quantitative estimate of drug-likeness (QED) is 0.662. The molecule has 2 heterocycles. The molecule has 29 heavy (non-hydrogen) atoms. The summed E-state index contributed by atoms with van der Waals surface area (Å²) in [6.45, 7) is 0.292. The van der Waals surface area contributed by atoms with E-state index in [2.05, 4.69) is 10.3 Å². The van der Waals surface area contributed by atoms with Crippen molar-refractivity contribution < 1.29 is 13.6 Å². The Bertz CT molecular complexity index is 1120. The predicted molar refractivity (Wildman–Crippen MR) is 108 cm³/mol. The van der Waals surface area contributed by atoms with Gasteiger partial charge >= 0.3 is 5.69 Å². The highest BCUT2D eigenvalue weighted by Gasteiger charge is 2.35. The number of nitrogens with two attached hydrogens (primary N) is 1. The monoisotopic (exact) mass is 421 g/mol. The van der Waals surface area contributed by atoms with Crippen LogP contribution in [0, 0.1) is 0 Å². The first-order chi connectivity index (χ1) is 13.7. The lowest BCUT2D eigenvalue weighted by atomic mass is 9.92. The maximum absolute atomic E-state index is 13.3. The minimum absolute atomic E-state index is 0.0213. The van der Waals surface area contributed by atoms with Gasteiger partial charge in [-0.25, -0.2) is 18.6 Å². The Morgan fingerprint density at radius 3 is 2.76 bits per heavy atom. The number of aromatic nitrogens is 3. The fraction of sp³-hybridized carbons (Fsp3) is 0.421. The number of halogens is 2. The molecule has 1 aromatic carbocycles. The first-order valence-corrected chi connectivity index (χ1v) is 10.1. The van der Waals surface area contributed by atoms with Crippen LogP contribution in [0.4, 0.5) is 13.9 Å². The fourth-order valence-corrected chi connectivity index (χ4v) is 4.56. The average Bonchev–Trinajstić information content (AvgIpc) is 3.21. The third kappa shape index (κ3) is 3.89. The third-order valence-corrected chi connectivity index (χ3v) is 6.26. The standard InChI is InChI=1S/C19H21F2N5O2S/c1-25-14-3-2-11(16(22)27)8-15(14)26(18(25)28)10-13-9-23-17(29-13)24-12-4-6-19(20,21)7-5-12/h2-3,8-9,12H,4-7,10H2,1H3,(H2,22,27)(H,23,24). The summed E-state index contributed by atoms with van der Waals surface area (Å²) in [6.07, 6.45) is 2.25. The van der Waals surface area contributed by atoms with Gasteiger partial charge in [0.15, 0.2) is 5.13 Å². The number of aryl methyl sites for hydroxylation is 1. The topological polar surface area (TPSA) is 94.9 Å². The van der Waals surface area contributed by atoms with E-state index in [4.69, 9.17) is 5.73 Å². The molecule has 1 aliphatic carbocycles. The Morgan fingerprint density at radius 1 is 1.34 bits per heavy atom. The van der Waals surface area contributed by atoms with Gasteiger partial charge in [-0.15, -0.1) is 11.3 Å². The molecule has 1 fully saturated rings. The molecule has 3 aromatic rings. The molecule has 4 rings (SSSR count). The van der Waals surface area contributed by atoms with E-state index in [1.807, 2.05) is 0 Å². The van der Waals surface area contributed by atoms with E-state index < -0.39 is 11.8 Å². The van der Waals surface area contributed by atoms with Crippen molar-refractivity contribution in [1.82, 2.24) is 14.1 Å². The van der Waals surface area contributed by atoms with Crippen LogP contribution in [0.2, 0.25) is 0 Å². The van der Waals surface area contributed by atoms with E-state index in [0.717, 1.165) is 4.88 Å². The van der Waals surface area contributed by atoms with Crippen LogP contribution in [0.5, 0.6) is 0 Å². The smallest absolute Gasteiger partial charge is 0.329 e. The highest BCUT2D eigenvalue weighted by atomic mass is 32.1. The molecule has 2 aromatic heterocycles. The van der Waals surface area contributed by atoms with Crippen LogP contribution >= 0.6 is 11.3 Å². The second kappa shape index (κ2) is 7.25. The summed E-state index contributed by atoms with van der Waals surface area (Å²) < 4.78 is 29.7. The number of nitrogens with zero attached hydrogens (tertiary/aromatic N) is 3. The lowest BCUT2D eigenvalue weighted by molar-refractivity contribution is -0.0360. The van der Waals surface area contributed by atoms with E-state index in [0.29, 0.717) is 41.1 Å². The van der Waals surface area contributed by atoms with E-state index in [1.165, 1.54) is 15.9 Å². The van der Waals surface area contributed by atoms with Gasteiger partial charge in [0.05, 0.1) is 17.6 Å². The van der Waals surface area contributed by atoms with E-state index >= 15 is 0 Å². The largest absolute Gasteiger partial charge is 0.366 e. The molecular formula is C19H21F2N5O2S. The molecule has 0 unspecified atom stereocenters. The molecule has 0 saturated heterocycles. The van der Waals surface area contributed by atoms with Crippen LogP contribution in [0.25, 0.3) is 11.0 Å². The Labute approximate surface area is 169 Å². The van der Waals surface area contributed by atoms with Gasteiger partial charge in [0.1, 0.15) is 0 Å². The third-order valence-electron chi connectivity index (χ3n) is 5.34. The summed E-state index contributed by atoms with van der Waals surface area (Å²) in [6, 6.07) is 4.89. The van der Waals surface area contributed by atoms with Gasteiger partial charge < -0.3 is 11.1 Å². The molecule has 7 nitrogen and oxygen atoms in total. The molecule has 3 N–H and O–H groups in total. The number of fused-ring (bicyclic) bond motifs is 1. The normalized spacial score (nSPS) is 16.9. The minimum atomic E-state index is -2.56. The van der Waals surface area contributed by atoms with Crippen molar-refractivity contribution in [1.29, 1.82) is 0 Å². The SMILES string of the molecule is Cn1c(=O)n(Cc2cnc(NC3CCC(F)(F)CC3)s2)c2cc(C(N)=O)ccc21. The Morgan fingerprint density at radius 2 is 2.07 bits per heavy atom. The number of hydrogen-bond acceptors (Lipinski definition) is 5. The van der Waals surface area contributed by atoms with E-state index in [-0.39, 0.29) is 24.6 Å². The Kier molecular flexibility index (Phi) is 4.89. The van der Waals surface area contributed by atoms with Crippen molar-refractivity contribution in [3.63, 3.8) is 0 Å². The average molecular weight is 421 g/mol. The number of nitrogens with one attached hydrogen (secondary N) is 1. The van der Waals surface area contributed by atoms with Crippen molar-refractivity contribution in [3.8, 4) is 0 Å². The van der Waals surface area contributed by atoms with Crippen molar-refractivity contribution in [2.45, 2.75) is 44.2 Å². The number of benzene rings is 1. The van der Waals surface area contributed by atoms with Crippen LogP contribution in [0.15, 0.2) is 29.2 Å². The zero-order valence-electron chi connectivity index (χ0n) is 15.8. The van der Waals surface area contributed by atoms with Gasteiger partial charge in [-0.2, -0.15) is 0 Å². The molecule has 10 heteroatoms. The summed E-state index contributed by atoms with van der Waals surface area (Å²) in [5.74, 6) is -3.12. The van der Waals surface area contributed by atoms with Crippen molar-refractivity contribution in [2.24, 2.45) is 12.8 Å². The van der Waals surface area contributed by atoms with Gasteiger partial charge in [-0.3, -0.25) is 13.9 Å². The molecule has 0 spiro atoms. The zero-order chi connectivity index (χ0) is 20.8. The van der Waals surface area contributed by atoms with Crippen molar-refractivity contribution in [2.75, 3.05) is 5.32 Å². The number of carbonyl (C=O) groups is 1. The zero-order valence-corrected chi connectivity index (χ0v) is 16.6. The maximum Gasteiger partial charge on any atom is 0.329 e. The van der Waals surface area contributed by atoms with Crippen LogP contribution in [0.1, 0.15) is 40.9 Å². The number of carbonyl (C=O) groups excluding carboxylic acids is 1. The van der Waals surface area contributed by atoms with Crippen LogP contribution < -0.4 is 16.7 Å². The molecule has 1 aliphatic rings. The minimum Gasteiger partial charge on any atom is -0.366 e. The number of primary amides is 1. The van der Waals surface area contributed by atoms with E-state index in [9.17, 15) is 18.4 Å². The van der Waals surface area contributed by atoms with Gasteiger partial charge in [0.2, 0.25) is 11.8 Å². The first kappa shape index (κ1) is 19.6. The van der Waals surface area contributed by atoms with Gasteiger partial charge in [-0.05, 0) is 31.0 Å². The number of hydrogen-bond donors (Lipinski definition) is 2. The van der Waals surface area contributed by atoms with Crippen molar-refractivity contribution in [3.05, 3.63) is 45.3 Å². The first-order valence-electron chi connectivity index (χ1n) is 9.32. The second-order valence-electron chi connectivity index (χ2n) is 7.40. The molecule has 1 saturated carbocycles. The summed E-state index contributed by atoms with van der Waals surface area (Å²) in [7, 11) is 1.67. The summed E-state index contributed by atoms with van der Waals surface area (Å²) in [5, 5.41) is 3.88. The number of anilines is 1. The predicted octanol–water partition coefficient (Wildman–Crippen LogP) is 2.93. The number of rotatable bonds is 5. The molecule has 154 valence electrons. The van der Waals surface area contributed by atoms with Crippen LogP contribution in [0.3, 0.4) is 0 Å². The van der Waals surface area contributed by atoms with Gasteiger partial charge in [0, 0.05) is 42.6 Å². The molecule has 0 aliphatic heterocycles. The molecular weight excluding hydrogens is 400 g/mol. The highest BCUT2D eigenvalue weighted by Crippen LogP contribution is 2.34. The molecule has 0 radical (unpaired) electrons. The summed E-state index contributed by atoms with van der Waals surface area (Å²) in [4.78, 5) is 29.3. The van der Waals surface area contributed by atoms with Gasteiger partial charge in [0.25, 0.3) is 0 Å². The van der Waals surface area contributed by atoms with Crippen LogP contribution in [-0.2, 0) is 13.6 Å². The second-order valence-corrected chi connectivity index (χ2v) is 8.52. The summed E-state index contributed by atoms with van der Waals surface area (Å²) in [5.41, 5.74) is 6.80. The number of thiazole rings is 1. The van der Waals surface area contributed by atoms with E-state index in [1.54, 1.807) is 36.0 Å². The van der Waals surface area contributed by atoms with Gasteiger partial charge in [-0.1, -0.05) is 0 Å². The molecule has 0 bridgehead atoms. The highest BCUT2D eigenvalue weighted by molar-refractivity contribution is 7.15. The Balaban J connectivity index is 1.55. The van der Waals surface area contributed by atoms with Crippen molar-refractivity contribution >= 4 is 33.4 Å². The Hall–Kier alpha value is -2.75. The maximum atomic E-state index is 13.3. The summed E-state index contributed by atoms with van der Waals surface area (Å²) >= 11 is 1.39. The lowest BCUT2D eigenvalue weighted by Crippen LogP contribution is -2.31. The number of amides is 1. The lowest BCUT2D eigenvalue weighted by Gasteiger charge is -2.28. The van der Waals surface area contributed by atoms with Crippen LogP contribution in [-0.4, -0.2) is 32.0 Å². The number of alkyl halides is 2. The molecule has 1 amide bonds.